The zero-order valence-corrected chi connectivity index (χ0v) is 17.5. The van der Waals surface area contributed by atoms with Crippen molar-refractivity contribution in [2.75, 3.05) is 19.0 Å². The van der Waals surface area contributed by atoms with E-state index in [4.69, 9.17) is 9.84 Å². The number of anilines is 1. The number of rotatable bonds is 7. The van der Waals surface area contributed by atoms with Crippen LogP contribution in [0.1, 0.15) is 32.1 Å². The lowest BCUT2D eigenvalue weighted by atomic mass is 9.83. The molecule has 7 nitrogen and oxygen atoms in total. The Morgan fingerprint density at radius 3 is 2.56 bits per heavy atom. The van der Waals surface area contributed by atoms with Crippen molar-refractivity contribution in [3.8, 4) is 16.9 Å². The first kappa shape index (κ1) is 23.5. The van der Waals surface area contributed by atoms with Crippen LogP contribution in [-0.2, 0) is 9.59 Å². The minimum Gasteiger partial charge on any atom is -0.496 e. The van der Waals surface area contributed by atoms with Gasteiger partial charge in [0.1, 0.15) is 24.0 Å². The highest BCUT2D eigenvalue weighted by Gasteiger charge is 2.25. The number of ether oxygens (including phenoxy) is 1. The average Bonchev–Trinajstić information content (AvgIpc) is 2.76. The Morgan fingerprint density at radius 1 is 1.09 bits per heavy atom. The van der Waals surface area contributed by atoms with E-state index in [1.165, 1.54) is 13.2 Å². The Hall–Kier alpha value is -3.14. The van der Waals surface area contributed by atoms with Gasteiger partial charge < -0.3 is 20.5 Å². The number of benzene rings is 1. The Kier molecular flexibility index (Phi) is 7.68. The molecule has 1 fully saturated rings. The minimum atomic E-state index is -1.16. The third-order valence-corrected chi connectivity index (χ3v) is 5.42. The second kappa shape index (κ2) is 10.4. The maximum absolute atomic E-state index is 14.4. The van der Waals surface area contributed by atoms with Crippen molar-refractivity contribution in [2.45, 2.75) is 38.1 Å². The summed E-state index contributed by atoms with van der Waals surface area (Å²) in [6.45, 7) is -0.580. The molecule has 0 saturated heterocycles. The molecule has 1 aromatic heterocycles. The summed E-state index contributed by atoms with van der Waals surface area (Å²) in [5.74, 6) is -3.86. The first-order valence-corrected chi connectivity index (χ1v) is 10.2. The predicted molar refractivity (Wildman–Crippen MR) is 110 cm³/mol. The molecule has 0 bridgehead atoms. The third-order valence-electron chi connectivity index (χ3n) is 5.42. The van der Waals surface area contributed by atoms with Crippen LogP contribution in [0.3, 0.4) is 0 Å². The van der Waals surface area contributed by atoms with Gasteiger partial charge in [0.15, 0.2) is 11.6 Å². The van der Waals surface area contributed by atoms with Crippen LogP contribution in [0.5, 0.6) is 5.75 Å². The zero-order chi connectivity index (χ0) is 23.3. The van der Waals surface area contributed by atoms with Crippen LogP contribution >= 0.6 is 0 Å². The first-order valence-electron chi connectivity index (χ1n) is 10.2. The minimum absolute atomic E-state index is 0.0171. The van der Waals surface area contributed by atoms with Crippen molar-refractivity contribution in [3.05, 3.63) is 41.8 Å². The summed E-state index contributed by atoms with van der Waals surface area (Å²) in [4.78, 5) is 27.8. The number of methoxy groups -OCH3 is 1. The number of aromatic nitrogens is 1. The molecule has 0 unspecified atom stereocenters. The number of aliphatic hydroxyl groups is 1. The van der Waals surface area contributed by atoms with E-state index in [2.05, 4.69) is 15.6 Å². The number of carbonyl (C=O) groups excluding carboxylic acids is 2. The first-order chi connectivity index (χ1) is 15.3. The molecule has 1 aromatic carbocycles. The summed E-state index contributed by atoms with van der Waals surface area (Å²) < 4.78 is 46.7. The van der Waals surface area contributed by atoms with Gasteiger partial charge in [0.25, 0.3) is 0 Å². The second-order valence-electron chi connectivity index (χ2n) is 7.72. The number of amides is 2. The van der Waals surface area contributed by atoms with Gasteiger partial charge in [-0.3, -0.25) is 9.59 Å². The van der Waals surface area contributed by atoms with Crippen LogP contribution in [0.25, 0.3) is 11.1 Å². The third kappa shape index (κ3) is 5.76. The number of carbonyl (C=O) groups is 2. The summed E-state index contributed by atoms with van der Waals surface area (Å²) in [7, 11) is 1.25. The molecule has 2 atom stereocenters. The molecular weight excluding hydrogens is 427 g/mol. The summed E-state index contributed by atoms with van der Waals surface area (Å²) >= 11 is 0. The fourth-order valence-corrected chi connectivity index (χ4v) is 3.96. The van der Waals surface area contributed by atoms with Gasteiger partial charge in [0.2, 0.25) is 11.8 Å². The van der Waals surface area contributed by atoms with Crippen molar-refractivity contribution < 1.29 is 32.6 Å². The van der Waals surface area contributed by atoms with E-state index in [-0.39, 0.29) is 47.0 Å². The van der Waals surface area contributed by atoms with Crippen LogP contribution in [0.4, 0.5) is 19.0 Å². The molecule has 1 aliphatic carbocycles. The molecule has 32 heavy (non-hydrogen) atoms. The summed E-state index contributed by atoms with van der Waals surface area (Å²) in [6, 6.07) is 2.77. The maximum atomic E-state index is 14.4. The number of hydrogen-bond acceptors (Lipinski definition) is 5. The second-order valence-corrected chi connectivity index (χ2v) is 7.72. The molecule has 3 rings (SSSR count). The van der Waals surface area contributed by atoms with E-state index < -0.39 is 30.0 Å². The van der Waals surface area contributed by atoms with Crippen molar-refractivity contribution >= 4 is 17.6 Å². The Labute approximate surface area is 183 Å². The number of nitrogens with one attached hydrogen (secondary N) is 2. The largest absolute Gasteiger partial charge is 0.496 e. The lowest BCUT2D eigenvalue weighted by molar-refractivity contribution is -0.124. The Balaban J connectivity index is 1.70. The average molecular weight is 451 g/mol. The molecule has 2 amide bonds. The van der Waals surface area contributed by atoms with Crippen LogP contribution in [0.2, 0.25) is 0 Å². The van der Waals surface area contributed by atoms with Gasteiger partial charge in [-0.2, -0.15) is 0 Å². The molecule has 1 saturated carbocycles. The van der Waals surface area contributed by atoms with Crippen molar-refractivity contribution in [1.82, 2.24) is 10.3 Å². The number of nitrogens with zero attached hydrogens (tertiary/aromatic N) is 1. The highest BCUT2D eigenvalue weighted by Crippen LogP contribution is 2.34. The molecule has 10 heteroatoms. The Bertz CT molecular complexity index is 1000. The lowest BCUT2D eigenvalue weighted by Crippen LogP contribution is -2.40. The standard InChI is InChI=1S/C22H24F3N3O4/c1-32-19-9-17(24)16(23)7-15(19)14-8-20(26-10-18(14)25)28-21(30)6-12-3-2-4-13(5-12)27-22(31)11-29/h7-10,12-13,29H,2-6,11H2,1H3,(H,27,31)(H,26,28,30)/t12-,13+/m0/s1. The predicted octanol–water partition coefficient (Wildman–Crippen LogP) is 3.17. The van der Waals surface area contributed by atoms with E-state index in [1.54, 1.807) is 0 Å². The van der Waals surface area contributed by atoms with Crippen molar-refractivity contribution in [2.24, 2.45) is 5.92 Å². The van der Waals surface area contributed by atoms with Crippen LogP contribution < -0.4 is 15.4 Å². The van der Waals surface area contributed by atoms with Gasteiger partial charge >= 0.3 is 0 Å². The van der Waals surface area contributed by atoms with Crippen molar-refractivity contribution in [3.63, 3.8) is 0 Å². The van der Waals surface area contributed by atoms with Crippen LogP contribution in [0.15, 0.2) is 24.4 Å². The smallest absolute Gasteiger partial charge is 0.245 e. The van der Waals surface area contributed by atoms with E-state index >= 15 is 0 Å². The number of hydrogen-bond donors (Lipinski definition) is 3. The topological polar surface area (TPSA) is 101 Å². The van der Waals surface area contributed by atoms with Gasteiger partial charge in [-0.25, -0.2) is 18.2 Å². The summed E-state index contributed by atoms with van der Waals surface area (Å²) in [5.41, 5.74) is -0.118. The van der Waals surface area contributed by atoms with Gasteiger partial charge in [-0.05, 0) is 37.3 Å². The quantitative estimate of drug-likeness (QED) is 0.601. The number of aliphatic hydroxyl groups excluding tert-OH is 1. The van der Waals surface area contributed by atoms with Gasteiger partial charge in [0.05, 0.1) is 13.3 Å². The summed E-state index contributed by atoms with van der Waals surface area (Å²) in [6.07, 6.45) is 4.09. The molecule has 1 aliphatic rings. The maximum Gasteiger partial charge on any atom is 0.245 e. The zero-order valence-electron chi connectivity index (χ0n) is 17.5. The van der Waals surface area contributed by atoms with E-state index in [1.807, 2.05) is 0 Å². The molecule has 1 heterocycles. The highest BCUT2D eigenvalue weighted by molar-refractivity contribution is 5.90. The molecule has 3 N–H and O–H groups in total. The van der Waals surface area contributed by atoms with Crippen molar-refractivity contribution in [1.29, 1.82) is 0 Å². The number of halogens is 3. The van der Waals surface area contributed by atoms with E-state index in [9.17, 15) is 22.8 Å². The lowest BCUT2D eigenvalue weighted by Gasteiger charge is -2.29. The van der Waals surface area contributed by atoms with Gasteiger partial charge in [-0.1, -0.05) is 6.42 Å². The molecule has 172 valence electrons. The fraction of sp³-hybridized carbons (Fsp3) is 0.409. The molecule has 2 aromatic rings. The van der Waals surface area contributed by atoms with Gasteiger partial charge in [-0.15, -0.1) is 0 Å². The normalized spacial score (nSPS) is 18.2. The van der Waals surface area contributed by atoms with E-state index in [0.717, 1.165) is 37.6 Å². The molecule has 0 radical (unpaired) electrons. The molecular formula is C22H24F3N3O4. The van der Waals surface area contributed by atoms with Gasteiger partial charge in [0, 0.05) is 29.7 Å². The highest BCUT2D eigenvalue weighted by atomic mass is 19.2. The Morgan fingerprint density at radius 2 is 1.84 bits per heavy atom. The monoisotopic (exact) mass is 451 g/mol. The molecule has 0 aliphatic heterocycles. The SMILES string of the molecule is COc1cc(F)c(F)cc1-c1cc(NC(=O)C[C@H]2CCC[C@@H](NC(=O)CO)C2)ncc1F. The summed E-state index contributed by atoms with van der Waals surface area (Å²) in [5, 5.41) is 14.2. The molecule has 0 spiro atoms. The fourth-order valence-electron chi connectivity index (χ4n) is 3.96. The van der Waals surface area contributed by atoms with Crippen LogP contribution in [-0.4, -0.2) is 41.7 Å². The van der Waals surface area contributed by atoms with Crippen LogP contribution in [0, 0.1) is 23.4 Å². The van der Waals surface area contributed by atoms with E-state index in [0.29, 0.717) is 6.42 Å². The number of pyridine rings is 1.